The third kappa shape index (κ3) is 3.58. The monoisotopic (exact) mass is 419 g/mol. The summed E-state index contributed by atoms with van der Waals surface area (Å²) in [4.78, 5) is 43.9. The van der Waals surface area contributed by atoms with Crippen LogP contribution >= 0.6 is 0 Å². The molecule has 31 heavy (non-hydrogen) atoms. The average molecular weight is 419 g/mol. The molecule has 0 bridgehead atoms. The molecule has 1 aromatic carbocycles. The molecule has 1 aliphatic carbocycles. The number of nitrogens with zero attached hydrogens (tertiary/aromatic N) is 3. The van der Waals surface area contributed by atoms with Crippen molar-refractivity contribution in [2.45, 2.75) is 37.7 Å². The predicted molar refractivity (Wildman–Crippen MR) is 114 cm³/mol. The number of carbonyl (C=O) groups excluding carboxylic acids is 3. The summed E-state index contributed by atoms with van der Waals surface area (Å²) in [6, 6.07) is 11.7. The SMILES string of the molecule is CC(=O)CC[C@H]1CN(c2ccc(C34CC3CN(C(=O)c3cccnc3)C4)cc2)C(=O)O1. The standard InChI is InChI=1S/C24H25N3O4/c1-16(28)4-9-21-14-27(23(30)31-21)20-7-5-18(6-8-20)24-11-19(24)13-26(15-24)22(29)17-3-2-10-25-12-17/h2-3,5-8,10,12,19,21H,4,9,11,13-15H2,1H3/t19?,21-,24?/m0/s1. The molecular formula is C24H25N3O4. The Hall–Kier alpha value is -3.22. The van der Waals surface area contributed by atoms with Crippen molar-refractivity contribution in [2.75, 3.05) is 24.5 Å². The van der Waals surface area contributed by atoms with Gasteiger partial charge in [0.25, 0.3) is 5.91 Å². The fraction of sp³-hybridized carbons (Fsp3) is 0.417. The number of likely N-dealkylation sites (tertiary alicyclic amines) is 1. The maximum Gasteiger partial charge on any atom is 0.414 e. The van der Waals surface area contributed by atoms with E-state index in [1.165, 1.54) is 5.56 Å². The fourth-order valence-electron chi connectivity index (χ4n) is 4.98. The van der Waals surface area contributed by atoms with Crippen molar-refractivity contribution in [3.63, 3.8) is 0 Å². The number of cyclic esters (lactones) is 1. The molecule has 3 atom stereocenters. The Kier molecular flexibility index (Phi) is 4.76. The van der Waals surface area contributed by atoms with Gasteiger partial charge >= 0.3 is 6.09 Å². The molecular weight excluding hydrogens is 394 g/mol. The average Bonchev–Trinajstić information content (AvgIpc) is 3.15. The quantitative estimate of drug-likeness (QED) is 0.718. The fourth-order valence-corrected chi connectivity index (χ4v) is 4.98. The number of fused-ring (bicyclic) bond motifs is 1. The van der Waals surface area contributed by atoms with Gasteiger partial charge in [-0.2, -0.15) is 0 Å². The van der Waals surface area contributed by atoms with Crippen LogP contribution in [0.1, 0.15) is 42.1 Å². The van der Waals surface area contributed by atoms with Crippen LogP contribution in [-0.2, 0) is 14.9 Å². The second-order valence-electron chi connectivity index (χ2n) is 8.89. The zero-order valence-electron chi connectivity index (χ0n) is 17.5. The molecule has 2 unspecified atom stereocenters. The Morgan fingerprint density at radius 3 is 2.71 bits per heavy atom. The van der Waals surface area contributed by atoms with E-state index >= 15 is 0 Å². The number of rotatable bonds is 6. The minimum absolute atomic E-state index is 0.0198. The van der Waals surface area contributed by atoms with E-state index in [4.69, 9.17) is 4.74 Å². The van der Waals surface area contributed by atoms with E-state index in [0.717, 1.165) is 18.7 Å². The highest BCUT2D eigenvalue weighted by Crippen LogP contribution is 2.59. The van der Waals surface area contributed by atoms with Crippen LogP contribution in [0.3, 0.4) is 0 Å². The van der Waals surface area contributed by atoms with Gasteiger partial charge < -0.3 is 14.4 Å². The lowest BCUT2D eigenvalue weighted by Crippen LogP contribution is -2.32. The van der Waals surface area contributed by atoms with Crippen LogP contribution < -0.4 is 4.90 Å². The van der Waals surface area contributed by atoms with Gasteiger partial charge in [-0.25, -0.2) is 4.79 Å². The number of amides is 2. The van der Waals surface area contributed by atoms with Crippen molar-refractivity contribution >= 4 is 23.5 Å². The van der Waals surface area contributed by atoms with Crippen molar-refractivity contribution in [2.24, 2.45) is 5.92 Å². The number of hydrogen-bond acceptors (Lipinski definition) is 5. The first-order chi connectivity index (χ1) is 15.0. The summed E-state index contributed by atoms with van der Waals surface area (Å²) in [7, 11) is 0. The molecule has 160 valence electrons. The number of anilines is 1. The third-order valence-electron chi connectivity index (χ3n) is 6.79. The number of pyridine rings is 1. The van der Waals surface area contributed by atoms with E-state index < -0.39 is 0 Å². The summed E-state index contributed by atoms with van der Waals surface area (Å²) < 4.78 is 5.40. The molecule has 0 N–H and O–H groups in total. The predicted octanol–water partition coefficient (Wildman–Crippen LogP) is 3.19. The number of aromatic nitrogens is 1. The summed E-state index contributed by atoms with van der Waals surface area (Å²) in [5, 5.41) is 0. The lowest BCUT2D eigenvalue weighted by molar-refractivity contribution is -0.117. The molecule has 7 heteroatoms. The second-order valence-corrected chi connectivity index (χ2v) is 8.89. The molecule has 2 amide bonds. The number of ketones is 1. The number of benzene rings is 1. The zero-order valence-corrected chi connectivity index (χ0v) is 17.5. The molecule has 2 aliphatic heterocycles. The Balaban J connectivity index is 1.25. The summed E-state index contributed by atoms with van der Waals surface area (Å²) in [5.74, 6) is 0.615. The van der Waals surface area contributed by atoms with Crippen molar-refractivity contribution in [3.8, 4) is 0 Å². The van der Waals surface area contributed by atoms with E-state index in [1.807, 2.05) is 17.0 Å². The van der Waals surface area contributed by atoms with E-state index in [-0.39, 0.29) is 29.3 Å². The highest BCUT2D eigenvalue weighted by atomic mass is 16.6. The van der Waals surface area contributed by atoms with Gasteiger partial charge in [-0.15, -0.1) is 0 Å². The number of carbonyl (C=O) groups is 3. The normalized spacial score (nSPS) is 26.5. The van der Waals surface area contributed by atoms with Gasteiger partial charge in [0, 0.05) is 43.0 Å². The van der Waals surface area contributed by atoms with Crippen molar-refractivity contribution in [1.82, 2.24) is 9.88 Å². The van der Waals surface area contributed by atoms with E-state index in [2.05, 4.69) is 17.1 Å². The highest BCUT2D eigenvalue weighted by molar-refractivity contribution is 5.94. The van der Waals surface area contributed by atoms with Gasteiger partial charge in [-0.05, 0) is 55.5 Å². The summed E-state index contributed by atoms with van der Waals surface area (Å²) in [6.07, 6.45) is 4.74. The molecule has 0 radical (unpaired) electrons. The lowest BCUT2D eigenvalue weighted by atomic mass is 9.94. The summed E-state index contributed by atoms with van der Waals surface area (Å²) in [5.41, 5.74) is 2.66. The topological polar surface area (TPSA) is 79.8 Å². The molecule has 3 aliphatic rings. The lowest BCUT2D eigenvalue weighted by Gasteiger charge is -2.22. The van der Waals surface area contributed by atoms with E-state index in [9.17, 15) is 14.4 Å². The molecule has 3 heterocycles. The number of hydrogen-bond donors (Lipinski definition) is 0. The molecule has 1 saturated carbocycles. The minimum atomic E-state index is -0.363. The maximum absolute atomic E-state index is 12.8. The van der Waals surface area contributed by atoms with Crippen molar-refractivity contribution in [3.05, 3.63) is 59.9 Å². The molecule has 3 fully saturated rings. The van der Waals surface area contributed by atoms with Gasteiger partial charge in [0.2, 0.25) is 0 Å². The van der Waals surface area contributed by atoms with Gasteiger partial charge in [-0.1, -0.05) is 12.1 Å². The Bertz CT molecular complexity index is 1020. The van der Waals surface area contributed by atoms with Crippen LogP contribution in [-0.4, -0.2) is 53.4 Å². The van der Waals surface area contributed by atoms with Crippen LogP contribution in [0.2, 0.25) is 0 Å². The summed E-state index contributed by atoms with van der Waals surface area (Å²) >= 11 is 0. The smallest absolute Gasteiger partial charge is 0.414 e. The van der Waals surface area contributed by atoms with Crippen LogP contribution in [0.5, 0.6) is 0 Å². The number of piperidine rings is 1. The van der Waals surface area contributed by atoms with E-state index in [1.54, 1.807) is 36.4 Å². The molecule has 1 aromatic heterocycles. The first kappa shape index (κ1) is 19.7. The number of Topliss-reactive ketones (excluding diaryl/α,β-unsaturated/α-hetero) is 1. The van der Waals surface area contributed by atoms with Crippen molar-refractivity contribution in [1.29, 1.82) is 0 Å². The molecule has 7 nitrogen and oxygen atoms in total. The third-order valence-corrected chi connectivity index (χ3v) is 6.79. The molecule has 0 spiro atoms. The largest absolute Gasteiger partial charge is 0.444 e. The number of ether oxygens (including phenoxy) is 1. The van der Waals surface area contributed by atoms with Crippen LogP contribution in [0.25, 0.3) is 0 Å². The Morgan fingerprint density at radius 1 is 1.19 bits per heavy atom. The molecule has 5 rings (SSSR count). The molecule has 2 aromatic rings. The van der Waals surface area contributed by atoms with Crippen LogP contribution in [0.15, 0.2) is 48.8 Å². The van der Waals surface area contributed by atoms with Crippen LogP contribution in [0.4, 0.5) is 10.5 Å². The van der Waals surface area contributed by atoms with Crippen LogP contribution in [0, 0.1) is 5.92 Å². The van der Waals surface area contributed by atoms with E-state index in [0.29, 0.717) is 37.4 Å². The first-order valence-corrected chi connectivity index (χ1v) is 10.7. The summed E-state index contributed by atoms with van der Waals surface area (Å²) in [6.45, 7) is 3.49. The van der Waals surface area contributed by atoms with Crippen molar-refractivity contribution < 1.29 is 19.1 Å². The maximum atomic E-state index is 12.8. The van der Waals surface area contributed by atoms with Gasteiger partial charge in [0.15, 0.2) is 0 Å². The van der Waals surface area contributed by atoms with Gasteiger partial charge in [-0.3, -0.25) is 14.7 Å². The van der Waals surface area contributed by atoms with Gasteiger partial charge in [0.1, 0.15) is 11.9 Å². The Labute approximate surface area is 181 Å². The Morgan fingerprint density at radius 2 is 2.00 bits per heavy atom. The molecule has 2 saturated heterocycles. The zero-order chi connectivity index (χ0) is 21.6. The second kappa shape index (κ2) is 7.48. The van der Waals surface area contributed by atoms with Gasteiger partial charge in [0.05, 0.1) is 12.1 Å². The first-order valence-electron chi connectivity index (χ1n) is 10.7. The minimum Gasteiger partial charge on any atom is -0.444 e. The highest BCUT2D eigenvalue weighted by Gasteiger charge is 2.61.